The van der Waals surface area contributed by atoms with Crippen LogP contribution in [0, 0.1) is 23.2 Å². The predicted molar refractivity (Wildman–Crippen MR) is 89.9 cm³/mol. The minimum absolute atomic E-state index is 0.645. The Labute approximate surface area is 128 Å². The third-order valence-corrected chi connectivity index (χ3v) is 6.65. The van der Waals surface area contributed by atoms with E-state index >= 15 is 0 Å². The lowest BCUT2D eigenvalue weighted by molar-refractivity contribution is 0.0727. The van der Waals surface area contributed by atoms with Crippen molar-refractivity contribution in [3.63, 3.8) is 0 Å². The van der Waals surface area contributed by atoms with Crippen molar-refractivity contribution in [1.82, 2.24) is 0 Å². The number of hydrogen-bond donors (Lipinski definition) is 0. The zero-order valence-electron chi connectivity index (χ0n) is 14.4. The summed E-state index contributed by atoms with van der Waals surface area (Å²) in [6.07, 6.45) is 19.4. The van der Waals surface area contributed by atoms with Crippen LogP contribution in [0.3, 0.4) is 0 Å². The van der Waals surface area contributed by atoms with Gasteiger partial charge in [-0.2, -0.15) is 0 Å². The first-order chi connectivity index (χ1) is 9.65. The third-order valence-electron chi connectivity index (χ3n) is 6.65. The summed E-state index contributed by atoms with van der Waals surface area (Å²) >= 11 is 0. The fourth-order valence-electron chi connectivity index (χ4n) is 5.45. The predicted octanol–water partition coefficient (Wildman–Crippen LogP) is 6.98. The average molecular weight is 279 g/mol. The molecule has 2 fully saturated rings. The quantitative estimate of drug-likeness (QED) is 0.491. The van der Waals surface area contributed by atoms with E-state index in [0.717, 1.165) is 17.8 Å². The van der Waals surface area contributed by atoms with E-state index < -0.39 is 0 Å². The van der Waals surface area contributed by atoms with Crippen LogP contribution in [0.25, 0.3) is 0 Å². The highest BCUT2D eigenvalue weighted by Gasteiger charge is 2.36. The highest BCUT2D eigenvalue weighted by molar-refractivity contribution is 4.87. The van der Waals surface area contributed by atoms with Gasteiger partial charge in [0.2, 0.25) is 0 Å². The molecule has 0 saturated heterocycles. The second-order valence-corrected chi connectivity index (χ2v) is 8.32. The zero-order valence-corrected chi connectivity index (χ0v) is 14.4. The van der Waals surface area contributed by atoms with Crippen LogP contribution in [-0.4, -0.2) is 0 Å². The summed E-state index contributed by atoms with van der Waals surface area (Å²) in [5.41, 5.74) is 0.645. The van der Waals surface area contributed by atoms with Crippen LogP contribution in [0.4, 0.5) is 0 Å². The topological polar surface area (TPSA) is 0 Å². The second kappa shape index (κ2) is 7.85. The molecule has 0 heterocycles. The van der Waals surface area contributed by atoms with Gasteiger partial charge < -0.3 is 0 Å². The van der Waals surface area contributed by atoms with E-state index in [0.29, 0.717) is 5.41 Å². The van der Waals surface area contributed by atoms with Crippen molar-refractivity contribution < 1.29 is 0 Å². The standard InChI is InChI=1S/C20H38/c1-4-15-20(3,19-13-9-6-10-14-19)16-17(2)18-11-7-5-8-12-18/h17-19H,4-16H2,1-3H3. The molecule has 0 spiro atoms. The second-order valence-electron chi connectivity index (χ2n) is 8.32. The molecule has 2 rings (SSSR count). The smallest absolute Gasteiger partial charge is 0.0295 e. The molecule has 118 valence electrons. The molecule has 0 bridgehead atoms. The molecule has 0 heteroatoms. The lowest BCUT2D eigenvalue weighted by Crippen LogP contribution is -2.33. The van der Waals surface area contributed by atoms with Crippen molar-refractivity contribution >= 4 is 0 Å². The van der Waals surface area contributed by atoms with E-state index in [9.17, 15) is 0 Å². The minimum atomic E-state index is 0.645. The first-order valence-electron chi connectivity index (χ1n) is 9.65. The monoisotopic (exact) mass is 278 g/mol. The Morgan fingerprint density at radius 1 is 0.900 bits per heavy atom. The molecule has 2 aliphatic rings. The van der Waals surface area contributed by atoms with Gasteiger partial charge in [-0.05, 0) is 48.9 Å². The van der Waals surface area contributed by atoms with Gasteiger partial charge in [0, 0.05) is 0 Å². The van der Waals surface area contributed by atoms with Crippen molar-refractivity contribution in [3.05, 3.63) is 0 Å². The molecular weight excluding hydrogens is 240 g/mol. The Balaban J connectivity index is 1.95. The van der Waals surface area contributed by atoms with E-state index in [1.807, 2.05) is 0 Å². The van der Waals surface area contributed by atoms with Gasteiger partial charge in [0.25, 0.3) is 0 Å². The van der Waals surface area contributed by atoms with E-state index in [-0.39, 0.29) is 0 Å². The maximum atomic E-state index is 2.64. The van der Waals surface area contributed by atoms with Crippen LogP contribution in [0.2, 0.25) is 0 Å². The van der Waals surface area contributed by atoms with E-state index in [1.54, 1.807) is 0 Å². The number of hydrogen-bond acceptors (Lipinski definition) is 0. The minimum Gasteiger partial charge on any atom is -0.0654 e. The lowest BCUT2D eigenvalue weighted by atomic mass is 9.62. The fraction of sp³-hybridized carbons (Fsp3) is 1.00. The summed E-state index contributed by atoms with van der Waals surface area (Å²) in [6, 6.07) is 0. The average Bonchev–Trinajstić information content (AvgIpc) is 2.49. The molecule has 2 atom stereocenters. The Bertz CT molecular complexity index is 257. The van der Waals surface area contributed by atoms with Crippen LogP contribution in [-0.2, 0) is 0 Å². The maximum Gasteiger partial charge on any atom is -0.0295 e. The van der Waals surface area contributed by atoms with Crippen LogP contribution in [0.1, 0.15) is 104 Å². The van der Waals surface area contributed by atoms with Crippen molar-refractivity contribution in [2.75, 3.05) is 0 Å². The summed E-state index contributed by atoms with van der Waals surface area (Å²) in [7, 11) is 0. The largest absolute Gasteiger partial charge is 0.0654 e. The molecular formula is C20H38. The summed E-state index contributed by atoms with van der Waals surface area (Å²) in [6.45, 7) is 7.62. The zero-order chi connectivity index (χ0) is 14.4. The SMILES string of the molecule is CCCC(C)(CC(C)C1CCCCC1)C1CCCCC1. The van der Waals surface area contributed by atoms with Crippen molar-refractivity contribution in [3.8, 4) is 0 Å². The van der Waals surface area contributed by atoms with Gasteiger partial charge in [-0.25, -0.2) is 0 Å². The van der Waals surface area contributed by atoms with Crippen LogP contribution >= 0.6 is 0 Å². The van der Waals surface area contributed by atoms with Crippen molar-refractivity contribution in [2.24, 2.45) is 23.2 Å². The molecule has 0 amide bonds. The first kappa shape index (κ1) is 16.4. The Morgan fingerprint density at radius 3 is 2.00 bits per heavy atom. The Hall–Kier alpha value is 0. The van der Waals surface area contributed by atoms with E-state index in [4.69, 9.17) is 0 Å². The lowest BCUT2D eigenvalue weighted by Gasteiger charge is -2.43. The molecule has 2 saturated carbocycles. The highest BCUT2D eigenvalue weighted by atomic mass is 14.4. The molecule has 2 unspecified atom stereocenters. The first-order valence-corrected chi connectivity index (χ1v) is 9.65. The summed E-state index contributed by atoms with van der Waals surface area (Å²) in [4.78, 5) is 0. The van der Waals surface area contributed by atoms with Gasteiger partial charge in [-0.3, -0.25) is 0 Å². The molecule has 2 aliphatic carbocycles. The van der Waals surface area contributed by atoms with E-state index in [1.165, 1.54) is 83.5 Å². The van der Waals surface area contributed by atoms with E-state index in [2.05, 4.69) is 20.8 Å². The molecule has 0 aliphatic heterocycles. The molecule has 0 aromatic carbocycles. The van der Waals surface area contributed by atoms with Crippen molar-refractivity contribution in [2.45, 2.75) is 104 Å². The van der Waals surface area contributed by atoms with Crippen LogP contribution < -0.4 is 0 Å². The van der Waals surface area contributed by atoms with Gasteiger partial charge in [0.05, 0.1) is 0 Å². The molecule has 20 heavy (non-hydrogen) atoms. The Morgan fingerprint density at radius 2 is 1.45 bits per heavy atom. The summed E-state index contributed by atoms with van der Waals surface area (Å²) in [5.74, 6) is 3.04. The van der Waals surface area contributed by atoms with Crippen molar-refractivity contribution in [1.29, 1.82) is 0 Å². The third kappa shape index (κ3) is 4.25. The van der Waals surface area contributed by atoms with Gasteiger partial charge in [0.15, 0.2) is 0 Å². The number of rotatable bonds is 6. The molecule has 0 N–H and O–H groups in total. The molecule has 0 aromatic heterocycles. The summed E-state index contributed by atoms with van der Waals surface area (Å²) < 4.78 is 0. The highest BCUT2D eigenvalue weighted by Crippen LogP contribution is 2.48. The van der Waals surface area contributed by atoms with Gasteiger partial charge >= 0.3 is 0 Å². The molecule has 0 aromatic rings. The summed E-state index contributed by atoms with van der Waals surface area (Å²) in [5, 5.41) is 0. The normalized spacial score (nSPS) is 27.1. The van der Waals surface area contributed by atoms with Gasteiger partial charge in [-0.1, -0.05) is 78.6 Å². The Kier molecular flexibility index (Phi) is 6.43. The fourth-order valence-corrected chi connectivity index (χ4v) is 5.45. The maximum absolute atomic E-state index is 2.64. The van der Waals surface area contributed by atoms with Gasteiger partial charge in [-0.15, -0.1) is 0 Å². The van der Waals surface area contributed by atoms with Crippen LogP contribution in [0.15, 0.2) is 0 Å². The van der Waals surface area contributed by atoms with Gasteiger partial charge in [0.1, 0.15) is 0 Å². The molecule has 0 radical (unpaired) electrons. The molecule has 0 nitrogen and oxygen atoms in total. The van der Waals surface area contributed by atoms with Crippen LogP contribution in [0.5, 0.6) is 0 Å².